The molecule has 5 atom stereocenters. The van der Waals surface area contributed by atoms with Gasteiger partial charge >= 0.3 is 5.97 Å². The van der Waals surface area contributed by atoms with Gasteiger partial charge in [0.1, 0.15) is 11.5 Å². The molecule has 5 nitrogen and oxygen atoms in total. The molecule has 1 amide bonds. The van der Waals surface area contributed by atoms with Gasteiger partial charge in [-0.25, -0.2) is 0 Å². The van der Waals surface area contributed by atoms with Crippen LogP contribution in [0.3, 0.4) is 0 Å². The van der Waals surface area contributed by atoms with Crippen LogP contribution in [0.5, 0.6) is 0 Å². The van der Waals surface area contributed by atoms with Crippen molar-refractivity contribution in [2.24, 2.45) is 17.8 Å². The van der Waals surface area contributed by atoms with Crippen molar-refractivity contribution < 1.29 is 19.4 Å². The van der Waals surface area contributed by atoms with Crippen molar-refractivity contribution in [2.75, 3.05) is 13.1 Å². The van der Waals surface area contributed by atoms with Gasteiger partial charge in [0.2, 0.25) is 5.91 Å². The van der Waals surface area contributed by atoms with Gasteiger partial charge in [-0.05, 0) is 32.1 Å². The number of fused-ring (bicyclic) bond motifs is 1. The number of rotatable bonds is 4. The zero-order chi connectivity index (χ0) is 17.1. The van der Waals surface area contributed by atoms with Gasteiger partial charge in [0, 0.05) is 6.54 Å². The smallest absolute Gasteiger partial charge is 0.310 e. The van der Waals surface area contributed by atoms with Gasteiger partial charge in [0.05, 0.1) is 18.6 Å². The average Bonchev–Trinajstić information content (AvgIpc) is 3.16. The summed E-state index contributed by atoms with van der Waals surface area (Å²) in [6, 6.07) is 0. The maximum Gasteiger partial charge on any atom is 0.310 e. The van der Waals surface area contributed by atoms with Gasteiger partial charge < -0.3 is 14.7 Å². The van der Waals surface area contributed by atoms with Gasteiger partial charge in [-0.3, -0.25) is 9.59 Å². The lowest BCUT2D eigenvalue weighted by molar-refractivity contribution is -0.148. The van der Waals surface area contributed by atoms with Crippen molar-refractivity contribution in [3.63, 3.8) is 0 Å². The largest absolute Gasteiger partial charge is 0.481 e. The van der Waals surface area contributed by atoms with E-state index in [2.05, 4.69) is 19.6 Å². The maximum atomic E-state index is 12.8. The Hall–Kier alpha value is -1.88. The van der Waals surface area contributed by atoms with Gasteiger partial charge in [-0.1, -0.05) is 36.0 Å². The van der Waals surface area contributed by atoms with Crippen LogP contribution < -0.4 is 0 Å². The van der Waals surface area contributed by atoms with Crippen LogP contribution in [0.15, 0.2) is 36.0 Å². The first-order chi connectivity index (χ1) is 11.4. The minimum atomic E-state index is -0.937. The molecule has 0 aromatic rings. The topological polar surface area (TPSA) is 66.8 Å². The fourth-order valence-corrected chi connectivity index (χ4v) is 4.72. The summed E-state index contributed by atoms with van der Waals surface area (Å²) in [6.07, 6.45) is 8.52. The van der Waals surface area contributed by atoms with E-state index in [9.17, 15) is 14.7 Å². The number of carbonyl (C=O) groups is 2. The molecule has 0 aromatic carbocycles. The van der Waals surface area contributed by atoms with E-state index in [1.807, 2.05) is 12.2 Å². The fraction of sp³-hybridized carbons (Fsp3) is 0.579. The molecule has 2 unspecified atom stereocenters. The number of carbonyl (C=O) groups excluding carboxylic acids is 1. The third-order valence-electron chi connectivity index (χ3n) is 6.06. The van der Waals surface area contributed by atoms with E-state index in [1.54, 1.807) is 4.90 Å². The second-order valence-electron chi connectivity index (χ2n) is 7.61. The molecule has 0 radical (unpaired) electrons. The van der Waals surface area contributed by atoms with Crippen molar-refractivity contribution in [2.45, 2.75) is 37.9 Å². The molecule has 4 aliphatic rings. The van der Waals surface area contributed by atoms with Crippen molar-refractivity contribution in [1.82, 2.24) is 4.90 Å². The van der Waals surface area contributed by atoms with Crippen LogP contribution in [-0.4, -0.2) is 46.7 Å². The summed E-state index contributed by atoms with van der Waals surface area (Å²) in [6.45, 7) is 7.16. The van der Waals surface area contributed by atoms with E-state index in [0.717, 1.165) is 19.3 Å². The van der Waals surface area contributed by atoms with E-state index in [0.29, 0.717) is 19.0 Å². The summed E-state index contributed by atoms with van der Waals surface area (Å²) >= 11 is 0. The zero-order valence-electron chi connectivity index (χ0n) is 13.9. The predicted molar refractivity (Wildman–Crippen MR) is 88.2 cm³/mol. The van der Waals surface area contributed by atoms with Crippen molar-refractivity contribution in [3.8, 4) is 0 Å². The quantitative estimate of drug-likeness (QED) is 0.803. The van der Waals surface area contributed by atoms with Crippen molar-refractivity contribution in [3.05, 3.63) is 36.0 Å². The number of aliphatic carboxylic acids is 1. The van der Waals surface area contributed by atoms with Gasteiger partial charge in [-0.2, -0.15) is 0 Å². The third kappa shape index (κ3) is 2.18. The minimum Gasteiger partial charge on any atom is -0.481 e. The Kier molecular flexibility index (Phi) is 3.46. The third-order valence-corrected chi connectivity index (χ3v) is 6.06. The van der Waals surface area contributed by atoms with E-state index in [4.69, 9.17) is 4.74 Å². The molecule has 5 heteroatoms. The molecule has 1 aliphatic carbocycles. The summed E-state index contributed by atoms with van der Waals surface area (Å²) in [5.74, 6) is -1.79. The van der Waals surface area contributed by atoms with Crippen LogP contribution in [0.1, 0.15) is 26.2 Å². The lowest BCUT2D eigenvalue weighted by atomic mass is 9.77. The Balaban J connectivity index is 1.50. The molecule has 24 heavy (non-hydrogen) atoms. The Morgan fingerprint density at radius 3 is 2.96 bits per heavy atom. The summed E-state index contributed by atoms with van der Waals surface area (Å²) < 4.78 is 5.91. The van der Waals surface area contributed by atoms with Gasteiger partial charge in [0.15, 0.2) is 0 Å². The number of allylic oxidation sites excluding steroid dienone is 2. The standard InChI is InChI=1S/C19H23NO4/c1-11(2)13-5-3-12(4-6-13)9-20-10-19-8-7-14(24-19)15(18(22)23)16(19)17(20)21/h3,7-8,13-16H,1,4-6,9-10H2,2H3,(H,22,23)/t13-,14-,15?,16?,19-/m1/s1. The fourth-order valence-electron chi connectivity index (χ4n) is 4.72. The highest BCUT2D eigenvalue weighted by Crippen LogP contribution is 2.52. The number of amides is 1. The molecule has 4 rings (SSSR count). The van der Waals surface area contributed by atoms with Crippen LogP contribution in [0.2, 0.25) is 0 Å². The van der Waals surface area contributed by atoms with E-state index in [-0.39, 0.29) is 5.91 Å². The van der Waals surface area contributed by atoms with Crippen molar-refractivity contribution in [1.29, 1.82) is 0 Å². The number of hydrogen-bond acceptors (Lipinski definition) is 3. The van der Waals surface area contributed by atoms with Crippen molar-refractivity contribution >= 4 is 11.9 Å². The highest BCUT2D eigenvalue weighted by molar-refractivity contribution is 5.90. The number of carboxylic acids is 1. The van der Waals surface area contributed by atoms with Crippen LogP contribution in [0.4, 0.5) is 0 Å². The molecule has 2 fully saturated rings. The van der Waals surface area contributed by atoms with E-state index >= 15 is 0 Å². The summed E-state index contributed by atoms with van der Waals surface area (Å²) in [7, 11) is 0. The minimum absolute atomic E-state index is 0.0721. The SMILES string of the molecule is C=C(C)[C@@H]1CC=C(CN2C[C@@]34C=C[C@@H](O3)C(C(=O)O)C4C2=O)CC1. The number of hydrogen-bond donors (Lipinski definition) is 1. The number of likely N-dealkylation sites (tertiary alicyclic amines) is 1. The van der Waals surface area contributed by atoms with Gasteiger partial charge in [0.25, 0.3) is 0 Å². The molecule has 3 aliphatic heterocycles. The van der Waals surface area contributed by atoms with Crippen LogP contribution >= 0.6 is 0 Å². The lowest BCUT2D eigenvalue weighted by Gasteiger charge is -2.26. The molecule has 2 bridgehead atoms. The van der Waals surface area contributed by atoms with Crippen LogP contribution in [-0.2, 0) is 14.3 Å². The summed E-state index contributed by atoms with van der Waals surface area (Å²) in [5, 5.41) is 9.48. The second kappa shape index (κ2) is 5.31. The second-order valence-corrected chi connectivity index (χ2v) is 7.61. The molecular weight excluding hydrogens is 306 g/mol. The highest BCUT2D eigenvalue weighted by atomic mass is 16.5. The molecule has 3 heterocycles. The molecule has 0 aromatic heterocycles. The molecule has 128 valence electrons. The Morgan fingerprint density at radius 1 is 1.54 bits per heavy atom. The van der Waals surface area contributed by atoms with Gasteiger partial charge in [-0.15, -0.1) is 0 Å². The number of carboxylic acid groups (broad SMARTS) is 1. The normalized spacial score (nSPS) is 40.0. The van der Waals surface area contributed by atoms with Crippen LogP contribution in [0.25, 0.3) is 0 Å². The lowest BCUT2D eigenvalue weighted by Crippen LogP contribution is -2.39. The predicted octanol–water partition coefficient (Wildman–Crippen LogP) is 2.16. The molecule has 0 saturated carbocycles. The van der Waals surface area contributed by atoms with E-state index in [1.165, 1.54) is 11.1 Å². The molecular formula is C19H23NO4. The first-order valence-electron chi connectivity index (χ1n) is 8.63. The van der Waals surface area contributed by atoms with Crippen LogP contribution in [0, 0.1) is 17.8 Å². The first kappa shape index (κ1) is 15.6. The Bertz CT molecular complexity index is 679. The first-order valence-corrected chi connectivity index (χ1v) is 8.63. The molecule has 1 N–H and O–H groups in total. The molecule has 1 spiro atoms. The average molecular weight is 329 g/mol. The monoisotopic (exact) mass is 329 g/mol. The summed E-state index contributed by atoms with van der Waals surface area (Å²) in [5.41, 5.74) is 1.76. The molecule has 2 saturated heterocycles. The zero-order valence-corrected chi connectivity index (χ0v) is 13.9. The van der Waals surface area contributed by atoms with E-state index < -0.39 is 29.5 Å². The Morgan fingerprint density at radius 2 is 2.33 bits per heavy atom. The number of ether oxygens (including phenoxy) is 1. The highest BCUT2D eigenvalue weighted by Gasteiger charge is 2.67. The Labute approximate surface area is 141 Å². The number of nitrogens with zero attached hydrogens (tertiary/aromatic N) is 1. The maximum absolute atomic E-state index is 12.8. The summed E-state index contributed by atoms with van der Waals surface area (Å²) in [4.78, 5) is 26.2.